The summed E-state index contributed by atoms with van der Waals surface area (Å²) in [4.78, 5) is 3.41. The average molecular weight is 157 g/mol. The van der Waals surface area contributed by atoms with Crippen LogP contribution < -0.4 is 4.74 Å². The predicted molar refractivity (Wildman–Crippen MR) is 36.8 cm³/mol. The number of halogens is 1. The van der Waals surface area contributed by atoms with Crippen molar-refractivity contribution in [1.29, 1.82) is 0 Å². The molecule has 4 heteroatoms. The van der Waals surface area contributed by atoms with Crippen molar-refractivity contribution in [3.05, 3.63) is 24.1 Å². The van der Waals surface area contributed by atoms with Gasteiger partial charge >= 0.3 is 0 Å². The Morgan fingerprint density at radius 1 is 1.55 bits per heavy atom. The summed E-state index contributed by atoms with van der Waals surface area (Å²) in [5, 5.41) is 8.35. The Morgan fingerprint density at radius 3 is 3.00 bits per heavy atom. The zero-order valence-corrected chi connectivity index (χ0v) is 5.83. The maximum atomic E-state index is 12.3. The zero-order valence-electron chi connectivity index (χ0n) is 5.83. The van der Waals surface area contributed by atoms with Crippen molar-refractivity contribution in [2.75, 3.05) is 13.2 Å². The Kier molecular flexibility index (Phi) is 2.80. The number of hydrogen-bond acceptors (Lipinski definition) is 3. The van der Waals surface area contributed by atoms with E-state index in [1.54, 1.807) is 0 Å². The van der Waals surface area contributed by atoms with E-state index in [1.807, 2.05) is 0 Å². The second kappa shape index (κ2) is 3.88. The molecule has 0 unspecified atom stereocenters. The summed E-state index contributed by atoms with van der Waals surface area (Å²) in [7, 11) is 0. The van der Waals surface area contributed by atoms with E-state index >= 15 is 0 Å². The maximum Gasteiger partial charge on any atom is 0.216 e. The lowest BCUT2D eigenvalue weighted by atomic mass is 10.5. The van der Waals surface area contributed by atoms with Gasteiger partial charge in [-0.25, -0.2) is 0 Å². The third kappa shape index (κ3) is 2.51. The van der Waals surface area contributed by atoms with Gasteiger partial charge in [0, 0.05) is 6.07 Å². The van der Waals surface area contributed by atoms with Gasteiger partial charge in [-0.3, -0.25) is 0 Å². The monoisotopic (exact) mass is 157 g/mol. The second-order valence-corrected chi connectivity index (χ2v) is 1.87. The van der Waals surface area contributed by atoms with Crippen molar-refractivity contribution in [3.8, 4) is 5.88 Å². The van der Waals surface area contributed by atoms with E-state index in [9.17, 15) is 4.39 Å². The van der Waals surface area contributed by atoms with E-state index in [0.29, 0.717) is 0 Å². The van der Waals surface area contributed by atoms with E-state index in [-0.39, 0.29) is 19.1 Å². The lowest BCUT2D eigenvalue weighted by Gasteiger charge is -2.00. The Morgan fingerprint density at radius 2 is 2.36 bits per heavy atom. The summed E-state index contributed by atoms with van der Waals surface area (Å²) in [6.07, 6.45) is 0. The van der Waals surface area contributed by atoms with E-state index < -0.39 is 5.95 Å². The van der Waals surface area contributed by atoms with Gasteiger partial charge in [0.05, 0.1) is 6.61 Å². The highest BCUT2D eigenvalue weighted by molar-refractivity contribution is 5.10. The fraction of sp³-hybridized carbons (Fsp3) is 0.286. The van der Waals surface area contributed by atoms with Gasteiger partial charge in [-0.2, -0.15) is 9.37 Å². The normalized spacial score (nSPS) is 9.64. The van der Waals surface area contributed by atoms with E-state index in [2.05, 4.69) is 4.98 Å². The van der Waals surface area contributed by atoms with Gasteiger partial charge in [0.2, 0.25) is 11.8 Å². The molecule has 1 heterocycles. The van der Waals surface area contributed by atoms with Crippen molar-refractivity contribution in [1.82, 2.24) is 4.98 Å². The lowest BCUT2D eigenvalue weighted by Crippen LogP contribution is -2.03. The standard InChI is InChI=1S/C7H8FNO2/c8-6-2-1-3-7(9-6)11-5-4-10/h1-3,10H,4-5H2. The highest BCUT2D eigenvalue weighted by atomic mass is 19.1. The summed E-state index contributed by atoms with van der Waals surface area (Å²) in [6.45, 7) is 0.0364. The summed E-state index contributed by atoms with van der Waals surface area (Å²) < 4.78 is 17.2. The molecule has 0 saturated carbocycles. The molecule has 0 aromatic carbocycles. The third-order valence-electron chi connectivity index (χ3n) is 1.03. The van der Waals surface area contributed by atoms with E-state index in [1.165, 1.54) is 18.2 Å². The molecule has 1 aromatic rings. The number of nitrogens with zero attached hydrogens (tertiary/aromatic N) is 1. The van der Waals surface area contributed by atoms with Crippen molar-refractivity contribution >= 4 is 0 Å². The number of pyridine rings is 1. The number of aliphatic hydroxyl groups excluding tert-OH is 1. The fourth-order valence-electron chi connectivity index (χ4n) is 0.620. The highest BCUT2D eigenvalue weighted by Gasteiger charge is 1.95. The topological polar surface area (TPSA) is 42.4 Å². The summed E-state index contributed by atoms with van der Waals surface area (Å²) in [6, 6.07) is 4.25. The van der Waals surface area contributed by atoms with Crippen LogP contribution in [0.3, 0.4) is 0 Å². The Hall–Kier alpha value is -1.16. The maximum absolute atomic E-state index is 12.3. The van der Waals surface area contributed by atoms with Crippen LogP contribution in [-0.4, -0.2) is 23.3 Å². The van der Waals surface area contributed by atoms with Gasteiger partial charge in [-0.1, -0.05) is 6.07 Å². The predicted octanol–water partition coefficient (Wildman–Crippen LogP) is 0.592. The number of hydrogen-bond donors (Lipinski definition) is 1. The number of aliphatic hydroxyl groups is 1. The molecule has 0 saturated heterocycles. The Bertz CT molecular complexity index is 229. The minimum Gasteiger partial charge on any atom is -0.475 e. The second-order valence-electron chi connectivity index (χ2n) is 1.87. The first-order valence-corrected chi connectivity index (χ1v) is 3.19. The van der Waals surface area contributed by atoms with Crippen LogP contribution in [0.1, 0.15) is 0 Å². The molecule has 0 atom stereocenters. The molecule has 0 radical (unpaired) electrons. The highest BCUT2D eigenvalue weighted by Crippen LogP contribution is 2.05. The summed E-state index contributed by atoms with van der Waals surface area (Å²) in [5.41, 5.74) is 0. The summed E-state index contributed by atoms with van der Waals surface area (Å²) >= 11 is 0. The summed E-state index contributed by atoms with van der Waals surface area (Å²) in [5.74, 6) is -0.389. The van der Waals surface area contributed by atoms with Crippen molar-refractivity contribution in [3.63, 3.8) is 0 Å². The van der Waals surface area contributed by atoms with Gasteiger partial charge in [-0.15, -0.1) is 0 Å². The van der Waals surface area contributed by atoms with Gasteiger partial charge in [0.1, 0.15) is 6.61 Å². The minimum atomic E-state index is -0.583. The molecule has 0 aliphatic heterocycles. The van der Waals surface area contributed by atoms with Crippen LogP contribution in [0.2, 0.25) is 0 Å². The molecule has 1 N–H and O–H groups in total. The van der Waals surface area contributed by atoms with Crippen LogP contribution in [0.5, 0.6) is 5.88 Å². The molecular weight excluding hydrogens is 149 g/mol. The first-order chi connectivity index (χ1) is 5.33. The van der Waals surface area contributed by atoms with Crippen LogP contribution >= 0.6 is 0 Å². The Labute approximate surface area is 63.5 Å². The molecule has 11 heavy (non-hydrogen) atoms. The average Bonchev–Trinajstić information content (AvgIpc) is 2.01. The van der Waals surface area contributed by atoms with Crippen LogP contribution in [-0.2, 0) is 0 Å². The first-order valence-electron chi connectivity index (χ1n) is 3.19. The molecule has 1 aromatic heterocycles. The Balaban J connectivity index is 2.56. The van der Waals surface area contributed by atoms with Crippen molar-refractivity contribution in [2.24, 2.45) is 0 Å². The number of rotatable bonds is 3. The quantitative estimate of drug-likeness (QED) is 0.653. The molecule has 0 aliphatic rings. The molecule has 0 spiro atoms. The van der Waals surface area contributed by atoms with E-state index in [0.717, 1.165) is 0 Å². The molecular formula is C7H8FNO2. The minimum absolute atomic E-state index is 0.0990. The van der Waals surface area contributed by atoms with E-state index in [4.69, 9.17) is 9.84 Å². The molecule has 60 valence electrons. The van der Waals surface area contributed by atoms with Gasteiger partial charge in [0.25, 0.3) is 0 Å². The van der Waals surface area contributed by atoms with Crippen LogP contribution in [0.4, 0.5) is 4.39 Å². The third-order valence-corrected chi connectivity index (χ3v) is 1.03. The largest absolute Gasteiger partial charge is 0.475 e. The van der Waals surface area contributed by atoms with Crippen molar-refractivity contribution < 1.29 is 14.2 Å². The van der Waals surface area contributed by atoms with Gasteiger partial charge < -0.3 is 9.84 Å². The molecule has 1 rings (SSSR count). The number of ether oxygens (including phenoxy) is 1. The fourth-order valence-corrected chi connectivity index (χ4v) is 0.620. The molecule has 0 amide bonds. The zero-order chi connectivity index (χ0) is 8.10. The SMILES string of the molecule is OCCOc1cccc(F)n1. The van der Waals surface area contributed by atoms with Gasteiger partial charge in [-0.05, 0) is 6.07 Å². The van der Waals surface area contributed by atoms with Crippen molar-refractivity contribution in [2.45, 2.75) is 0 Å². The molecule has 0 fully saturated rings. The van der Waals surface area contributed by atoms with Crippen LogP contribution in [0, 0.1) is 5.95 Å². The van der Waals surface area contributed by atoms with Crippen LogP contribution in [0.15, 0.2) is 18.2 Å². The number of aromatic nitrogens is 1. The van der Waals surface area contributed by atoms with Gasteiger partial charge in [0.15, 0.2) is 0 Å². The molecule has 0 bridgehead atoms. The lowest BCUT2D eigenvalue weighted by molar-refractivity contribution is 0.195. The van der Waals surface area contributed by atoms with Crippen LogP contribution in [0.25, 0.3) is 0 Å². The molecule has 3 nitrogen and oxygen atoms in total. The first kappa shape index (κ1) is 7.94. The molecule has 0 aliphatic carbocycles. The smallest absolute Gasteiger partial charge is 0.216 e.